The van der Waals surface area contributed by atoms with Gasteiger partial charge >= 0.3 is 29.6 Å². The Bertz CT molecular complexity index is 303. The third kappa shape index (κ3) is 2.86. The van der Waals surface area contributed by atoms with Crippen LogP contribution in [0.15, 0.2) is 22.7 Å². The predicted molar refractivity (Wildman–Crippen MR) is 38.4 cm³/mol. The molecule has 0 amide bonds. The molecule has 0 aliphatic carbocycles. The van der Waals surface area contributed by atoms with Crippen LogP contribution in [0.25, 0.3) is 0 Å². The van der Waals surface area contributed by atoms with Gasteiger partial charge in [-0.1, -0.05) is 6.07 Å². The zero-order chi connectivity index (χ0) is 8.43. The second-order valence-electron chi connectivity index (χ2n) is 1.92. The summed E-state index contributed by atoms with van der Waals surface area (Å²) in [5.74, 6) is -1.98. The van der Waals surface area contributed by atoms with E-state index >= 15 is 0 Å². The quantitative estimate of drug-likeness (QED) is 0.531. The molecule has 12 heavy (non-hydrogen) atoms. The summed E-state index contributed by atoms with van der Waals surface area (Å²) in [6.07, 6.45) is 0. The Balaban J connectivity index is 0.00000121. The van der Waals surface area contributed by atoms with Crippen molar-refractivity contribution < 1.29 is 43.8 Å². The topological polar surface area (TPSA) is 40.1 Å². The SMILES string of the molecule is O=C([O-])c1ccc(Br)c(F)c1.[Na+]. The third-order valence-electron chi connectivity index (χ3n) is 1.16. The van der Waals surface area contributed by atoms with Crippen molar-refractivity contribution in [3.8, 4) is 0 Å². The molecule has 0 N–H and O–H groups in total. The number of halogens is 2. The second-order valence-corrected chi connectivity index (χ2v) is 2.77. The number of benzene rings is 1. The van der Waals surface area contributed by atoms with E-state index in [9.17, 15) is 14.3 Å². The van der Waals surface area contributed by atoms with E-state index in [-0.39, 0.29) is 39.6 Å². The Morgan fingerprint density at radius 3 is 2.50 bits per heavy atom. The summed E-state index contributed by atoms with van der Waals surface area (Å²) in [6, 6.07) is 3.49. The normalized spacial score (nSPS) is 8.83. The Kier molecular flexibility index (Phi) is 5.01. The number of hydrogen-bond donors (Lipinski definition) is 0. The van der Waals surface area contributed by atoms with Gasteiger partial charge in [-0.2, -0.15) is 0 Å². The van der Waals surface area contributed by atoms with Gasteiger partial charge in [-0.15, -0.1) is 0 Å². The van der Waals surface area contributed by atoms with Gasteiger partial charge in [0, 0.05) is 5.56 Å². The first-order valence-electron chi connectivity index (χ1n) is 2.77. The fourth-order valence-corrected chi connectivity index (χ4v) is 0.870. The molecular formula is C7H3BrFNaO2. The standard InChI is InChI=1S/C7H4BrFO2.Na/c8-5-2-1-4(7(10)11)3-6(5)9;/h1-3H,(H,10,11);/q;+1/p-1. The molecule has 0 spiro atoms. The zero-order valence-corrected chi connectivity index (χ0v) is 9.89. The minimum Gasteiger partial charge on any atom is -0.545 e. The van der Waals surface area contributed by atoms with Crippen molar-refractivity contribution in [1.29, 1.82) is 0 Å². The molecule has 0 saturated heterocycles. The molecular weight excluding hydrogens is 238 g/mol. The fraction of sp³-hybridized carbons (Fsp3) is 0. The van der Waals surface area contributed by atoms with Crippen LogP contribution in [-0.4, -0.2) is 5.97 Å². The molecule has 0 fully saturated rings. The Hall–Kier alpha value is 0.100. The summed E-state index contributed by atoms with van der Waals surface area (Å²) in [5, 5.41) is 10.2. The molecule has 0 bridgehead atoms. The van der Waals surface area contributed by atoms with Gasteiger partial charge in [-0.3, -0.25) is 0 Å². The van der Waals surface area contributed by atoms with Crippen LogP contribution in [0.3, 0.4) is 0 Å². The first-order valence-corrected chi connectivity index (χ1v) is 3.57. The number of carbonyl (C=O) groups excluding carboxylic acids is 1. The van der Waals surface area contributed by atoms with E-state index in [0.717, 1.165) is 6.07 Å². The summed E-state index contributed by atoms with van der Waals surface area (Å²) in [4.78, 5) is 10.2. The van der Waals surface area contributed by atoms with Gasteiger partial charge in [-0.25, -0.2) is 4.39 Å². The average Bonchev–Trinajstić information content (AvgIpc) is 1.94. The fourth-order valence-electron chi connectivity index (χ4n) is 0.623. The van der Waals surface area contributed by atoms with Gasteiger partial charge in [0.05, 0.1) is 10.4 Å². The Morgan fingerprint density at radius 1 is 1.50 bits per heavy atom. The Morgan fingerprint density at radius 2 is 2.08 bits per heavy atom. The van der Waals surface area contributed by atoms with Gasteiger partial charge in [0.25, 0.3) is 0 Å². The monoisotopic (exact) mass is 240 g/mol. The van der Waals surface area contributed by atoms with Gasteiger partial charge in [0.15, 0.2) is 0 Å². The molecule has 0 aliphatic heterocycles. The van der Waals surface area contributed by atoms with Crippen molar-refractivity contribution in [2.75, 3.05) is 0 Å². The van der Waals surface area contributed by atoms with E-state index in [2.05, 4.69) is 15.9 Å². The summed E-state index contributed by atoms with van der Waals surface area (Å²) < 4.78 is 12.8. The third-order valence-corrected chi connectivity index (χ3v) is 1.80. The molecule has 0 aromatic heterocycles. The molecule has 2 nitrogen and oxygen atoms in total. The van der Waals surface area contributed by atoms with E-state index in [0.29, 0.717) is 0 Å². The first-order chi connectivity index (χ1) is 5.11. The zero-order valence-electron chi connectivity index (χ0n) is 6.30. The van der Waals surface area contributed by atoms with E-state index in [4.69, 9.17) is 0 Å². The number of carbonyl (C=O) groups is 1. The van der Waals surface area contributed by atoms with Crippen molar-refractivity contribution in [1.82, 2.24) is 0 Å². The van der Waals surface area contributed by atoms with Crippen LogP contribution in [0.5, 0.6) is 0 Å². The van der Waals surface area contributed by atoms with Gasteiger partial charge in [-0.05, 0) is 28.1 Å². The van der Waals surface area contributed by atoms with Crippen LogP contribution in [0, 0.1) is 5.82 Å². The minimum absolute atomic E-state index is 0. The molecule has 0 aliphatic rings. The van der Waals surface area contributed by atoms with Gasteiger partial charge < -0.3 is 9.90 Å². The van der Waals surface area contributed by atoms with Crippen molar-refractivity contribution >= 4 is 21.9 Å². The van der Waals surface area contributed by atoms with Crippen LogP contribution in [0.4, 0.5) is 4.39 Å². The summed E-state index contributed by atoms with van der Waals surface area (Å²) in [5.41, 5.74) is -0.161. The molecule has 1 aromatic rings. The van der Waals surface area contributed by atoms with E-state index in [1.807, 2.05) is 0 Å². The van der Waals surface area contributed by atoms with Crippen LogP contribution in [0.1, 0.15) is 10.4 Å². The van der Waals surface area contributed by atoms with E-state index < -0.39 is 11.8 Å². The van der Waals surface area contributed by atoms with E-state index in [1.165, 1.54) is 12.1 Å². The number of carboxylic acids is 1. The largest absolute Gasteiger partial charge is 1.00 e. The smallest absolute Gasteiger partial charge is 0.545 e. The van der Waals surface area contributed by atoms with Gasteiger partial charge in [0.2, 0.25) is 0 Å². The number of rotatable bonds is 1. The maximum atomic E-state index is 12.6. The number of aromatic carboxylic acids is 1. The maximum absolute atomic E-state index is 12.6. The molecule has 58 valence electrons. The average molecular weight is 241 g/mol. The molecule has 1 aromatic carbocycles. The number of carboxylic acid groups (broad SMARTS) is 1. The molecule has 0 saturated carbocycles. The second kappa shape index (κ2) is 4.97. The molecule has 0 radical (unpaired) electrons. The Labute approximate surface area is 99.2 Å². The summed E-state index contributed by atoms with van der Waals surface area (Å²) in [6.45, 7) is 0. The predicted octanol–water partition coefficient (Wildman–Crippen LogP) is -2.04. The minimum atomic E-state index is -1.38. The summed E-state index contributed by atoms with van der Waals surface area (Å²) in [7, 11) is 0. The molecule has 5 heteroatoms. The molecule has 0 unspecified atom stereocenters. The van der Waals surface area contributed by atoms with Crippen molar-refractivity contribution in [2.24, 2.45) is 0 Å². The van der Waals surface area contributed by atoms with Crippen LogP contribution >= 0.6 is 15.9 Å². The summed E-state index contributed by atoms with van der Waals surface area (Å²) >= 11 is 2.89. The molecule has 1 rings (SSSR count). The van der Waals surface area contributed by atoms with Gasteiger partial charge in [0.1, 0.15) is 5.82 Å². The van der Waals surface area contributed by atoms with Crippen LogP contribution in [-0.2, 0) is 0 Å². The van der Waals surface area contributed by atoms with Crippen molar-refractivity contribution in [2.45, 2.75) is 0 Å². The van der Waals surface area contributed by atoms with Crippen LogP contribution < -0.4 is 34.7 Å². The van der Waals surface area contributed by atoms with Crippen LogP contribution in [0.2, 0.25) is 0 Å². The van der Waals surface area contributed by atoms with Crippen molar-refractivity contribution in [3.63, 3.8) is 0 Å². The van der Waals surface area contributed by atoms with Crippen molar-refractivity contribution in [3.05, 3.63) is 34.1 Å². The molecule has 0 heterocycles. The number of hydrogen-bond acceptors (Lipinski definition) is 2. The molecule has 0 atom stereocenters. The first kappa shape index (κ1) is 12.1. The maximum Gasteiger partial charge on any atom is 1.00 e. The van der Waals surface area contributed by atoms with E-state index in [1.54, 1.807) is 0 Å².